The fourth-order valence-corrected chi connectivity index (χ4v) is 6.01. The summed E-state index contributed by atoms with van der Waals surface area (Å²) in [5.41, 5.74) is 1.10. The molecule has 0 radical (unpaired) electrons. The lowest BCUT2D eigenvalue weighted by atomic mass is 9.87. The van der Waals surface area contributed by atoms with Crippen molar-refractivity contribution in [2.45, 2.75) is 44.2 Å². The summed E-state index contributed by atoms with van der Waals surface area (Å²) in [6, 6.07) is 21.7. The zero-order chi connectivity index (χ0) is 33.2. The summed E-state index contributed by atoms with van der Waals surface area (Å²) in [6.45, 7) is 7.08. The quantitative estimate of drug-likeness (QED) is 0.200. The van der Waals surface area contributed by atoms with E-state index in [1.807, 2.05) is 12.1 Å². The molecular weight excluding hydrogens is 627 g/mol. The van der Waals surface area contributed by atoms with Crippen LogP contribution in [0.4, 0.5) is 30.2 Å². The van der Waals surface area contributed by atoms with Gasteiger partial charge in [-0.1, -0.05) is 68.3 Å². The van der Waals surface area contributed by atoms with Crippen molar-refractivity contribution < 1.29 is 31.2 Å². The lowest BCUT2D eigenvalue weighted by Gasteiger charge is -2.25. The Balaban J connectivity index is 1.58. The first-order valence-electron chi connectivity index (χ1n) is 13.7. The lowest BCUT2D eigenvalue weighted by Crippen LogP contribution is -2.38. The predicted molar refractivity (Wildman–Crippen MR) is 170 cm³/mol. The van der Waals surface area contributed by atoms with Crippen LogP contribution in [0.25, 0.3) is 0 Å². The van der Waals surface area contributed by atoms with E-state index in [-0.39, 0.29) is 21.9 Å². The smallest absolute Gasteiger partial charge is 0.324 e. The van der Waals surface area contributed by atoms with Crippen molar-refractivity contribution in [2.24, 2.45) is 0 Å². The fourth-order valence-electron chi connectivity index (χ4n) is 4.37. The van der Waals surface area contributed by atoms with E-state index in [9.17, 15) is 31.2 Å². The number of hydrogen-bond donors (Lipinski definition) is 2. The van der Waals surface area contributed by atoms with Crippen molar-refractivity contribution >= 4 is 50.5 Å². The maximum atomic E-state index is 13.6. The molecule has 0 aromatic heterocycles. The summed E-state index contributed by atoms with van der Waals surface area (Å²) >= 11 is 5.76. The third-order valence-corrected chi connectivity index (χ3v) is 8.97. The molecule has 0 saturated heterocycles. The average Bonchev–Trinajstić information content (AvgIpc) is 2.95. The van der Waals surface area contributed by atoms with Gasteiger partial charge in [0.15, 0.2) is 0 Å². The number of rotatable bonds is 8. The third kappa shape index (κ3) is 8.23. The Morgan fingerprint density at radius 1 is 0.822 bits per heavy atom. The van der Waals surface area contributed by atoms with E-state index in [4.69, 9.17) is 11.6 Å². The van der Waals surface area contributed by atoms with Crippen LogP contribution in [-0.4, -0.2) is 26.8 Å². The normalized spacial score (nSPS) is 12.0. The standard InChI is InChI=1S/C33H31ClF3N3O4S/c1-21-8-15-27(16-9-21)45(43,44)40(26-14-17-29(34)28(19-26)33(35,36)37)20-30(41)38-24-6-5-7-25(18-24)39-31(42)22-10-12-23(13-11-22)32(2,3)4/h5-19H,20H2,1-4H3,(H,38,41)(H,39,42). The lowest BCUT2D eigenvalue weighted by molar-refractivity contribution is -0.137. The predicted octanol–water partition coefficient (Wildman–Crippen LogP) is 8.05. The van der Waals surface area contributed by atoms with Crippen molar-refractivity contribution in [1.82, 2.24) is 0 Å². The van der Waals surface area contributed by atoms with Gasteiger partial charge in [-0.15, -0.1) is 0 Å². The van der Waals surface area contributed by atoms with Crippen molar-refractivity contribution in [2.75, 3.05) is 21.5 Å². The summed E-state index contributed by atoms with van der Waals surface area (Å²) < 4.78 is 68.8. The Morgan fingerprint density at radius 2 is 1.42 bits per heavy atom. The first-order chi connectivity index (χ1) is 20.9. The summed E-state index contributed by atoms with van der Waals surface area (Å²) in [5.74, 6) is -1.21. The van der Waals surface area contributed by atoms with Crippen molar-refractivity contribution in [3.05, 3.63) is 118 Å². The van der Waals surface area contributed by atoms with Gasteiger partial charge in [0, 0.05) is 16.9 Å². The molecule has 0 fully saturated rings. The number of halogens is 4. The van der Waals surface area contributed by atoms with Crippen LogP contribution < -0.4 is 14.9 Å². The number of alkyl halides is 3. The minimum absolute atomic E-state index is 0.0786. The molecule has 0 atom stereocenters. The van der Waals surface area contributed by atoms with E-state index in [1.54, 1.807) is 31.2 Å². The number of amides is 2. The van der Waals surface area contributed by atoms with Crippen LogP contribution in [0, 0.1) is 6.92 Å². The molecule has 2 N–H and O–H groups in total. The van der Waals surface area contributed by atoms with Crippen LogP contribution in [0.3, 0.4) is 0 Å². The number of sulfonamides is 1. The maximum Gasteiger partial charge on any atom is 0.417 e. The van der Waals surface area contributed by atoms with Crippen molar-refractivity contribution in [1.29, 1.82) is 0 Å². The van der Waals surface area contributed by atoms with E-state index >= 15 is 0 Å². The highest BCUT2D eigenvalue weighted by Crippen LogP contribution is 2.38. The molecule has 12 heteroatoms. The highest BCUT2D eigenvalue weighted by molar-refractivity contribution is 7.92. The van der Waals surface area contributed by atoms with E-state index in [0.717, 1.165) is 23.3 Å². The number of hydrogen-bond acceptors (Lipinski definition) is 4. The van der Waals surface area contributed by atoms with Gasteiger partial charge in [-0.2, -0.15) is 13.2 Å². The number of nitrogens with one attached hydrogen (secondary N) is 2. The Bertz CT molecular complexity index is 1820. The molecule has 0 heterocycles. The minimum atomic E-state index is -4.87. The highest BCUT2D eigenvalue weighted by Gasteiger charge is 2.35. The van der Waals surface area contributed by atoms with Gasteiger partial charge in [0.2, 0.25) is 5.91 Å². The Hall–Kier alpha value is -4.35. The van der Waals surface area contributed by atoms with Gasteiger partial charge in [0.25, 0.3) is 15.9 Å². The van der Waals surface area contributed by atoms with Gasteiger partial charge in [-0.25, -0.2) is 8.42 Å². The Kier molecular flexibility index (Phi) is 9.65. The molecule has 4 rings (SSSR count). The second-order valence-electron chi connectivity index (χ2n) is 11.4. The van der Waals surface area contributed by atoms with E-state index in [2.05, 4.69) is 31.4 Å². The molecule has 0 bridgehead atoms. The molecule has 236 valence electrons. The summed E-state index contributed by atoms with van der Waals surface area (Å²) in [5, 5.41) is 4.70. The third-order valence-electron chi connectivity index (χ3n) is 6.86. The Labute approximate surface area is 265 Å². The molecule has 0 unspecified atom stereocenters. The van der Waals surface area contributed by atoms with Gasteiger partial charge in [0.1, 0.15) is 6.54 Å². The van der Waals surface area contributed by atoms with Crippen LogP contribution >= 0.6 is 11.6 Å². The number of carbonyl (C=O) groups excluding carboxylic acids is 2. The van der Waals surface area contributed by atoms with Gasteiger partial charge in [-0.3, -0.25) is 13.9 Å². The molecule has 0 spiro atoms. The summed E-state index contributed by atoms with van der Waals surface area (Å²) in [4.78, 5) is 25.8. The number of carbonyl (C=O) groups is 2. The molecule has 0 aliphatic heterocycles. The zero-order valence-corrected chi connectivity index (χ0v) is 26.4. The molecule has 0 saturated carbocycles. The molecule has 7 nitrogen and oxygen atoms in total. The van der Waals surface area contributed by atoms with Crippen molar-refractivity contribution in [3.8, 4) is 0 Å². The van der Waals surface area contributed by atoms with Crippen LogP contribution in [-0.2, 0) is 26.4 Å². The highest BCUT2D eigenvalue weighted by atomic mass is 35.5. The van der Waals surface area contributed by atoms with Crippen LogP contribution in [0.2, 0.25) is 5.02 Å². The second kappa shape index (κ2) is 12.9. The molecule has 0 aliphatic rings. The molecular formula is C33H31ClF3N3O4S. The average molecular weight is 658 g/mol. The zero-order valence-electron chi connectivity index (χ0n) is 24.9. The molecule has 0 aliphatic carbocycles. The van der Waals surface area contributed by atoms with Crippen molar-refractivity contribution in [3.63, 3.8) is 0 Å². The molecule has 45 heavy (non-hydrogen) atoms. The van der Waals surface area contributed by atoms with Gasteiger partial charge < -0.3 is 10.6 Å². The van der Waals surface area contributed by atoms with Gasteiger partial charge in [-0.05, 0) is 78.6 Å². The van der Waals surface area contributed by atoms with Gasteiger partial charge in [0.05, 0.1) is 21.2 Å². The fraction of sp³-hybridized carbons (Fsp3) is 0.212. The van der Waals surface area contributed by atoms with Crippen LogP contribution in [0.1, 0.15) is 47.8 Å². The van der Waals surface area contributed by atoms with Crippen LogP contribution in [0.5, 0.6) is 0 Å². The largest absolute Gasteiger partial charge is 0.417 e. The summed E-state index contributed by atoms with van der Waals surface area (Å²) in [7, 11) is -4.50. The number of anilines is 3. The molecule has 4 aromatic rings. The molecule has 2 amide bonds. The first kappa shape index (κ1) is 33.5. The number of benzene rings is 4. The summed E-state index contributed by atoms with van der Waals surface area (Å²) in [6.07, 6.45) is -4.87. The number of nitrogens with zero attached hydrogens (tertiary/aromatic N) is 1. The number of aryl methyl sites for hydroxylation is 1. The molecule has 4 aromatic carbocycles. The van der Waals surface area contributed by atoms with E-state index in [0.29, 0.717) is 21.6 Å². The second-order valence-corrected chi connectivity index (χ2v) is 13.7. The monoisotopic (exact) mass is 657 g/mol. The first-order valence-corrected chi connectivity index (χ1v) is 15.5. The Morgan fingerprint density at radius 3 is 2.00 bits per heavy atom. The van der Waals surface area contributed by atoms with Crippen LogP contribution in [0.15, 0.2) is 95.9 Å². The van der Waals surface area contributed by atoms with E-state index in [1.165, 1.54) is 36.4 Å². The SMILES string of the molecule is Cc1ccc(S(=O)(=O)N(CC(=O)Nc2cccc(NC(=O)c3ccc(C(C)(C)C)cc3)c2)c2ccc(Cl)c(C(F)(F)F)c2)cc1. The topological polar surface area (TPSA) is 95.6 Å². The maximum absolute atomic E-state index is 13.6. The van der Waals surface area contributed by atoms with E-state index < -0.39 is 44.9 Å². The minimum Gasteiger partial charge on any atom is -0.324 e. The van der Waals surface area contributed by atoms with Gasteiger partial charge >= 0.3 is 6.18 Å².